The molecule has 1 fully saturated rings. The van der Waals surface area contributed by atoms with Gasteiger partial charge in [-0.2, -0.15) is 0 Å². The van der Waals surface area contributed by atoms with Gasteiger partial charge in [0.15, 0.2) is 0 Å². The number of aliphatic hydroxyl groups excluding tert-OH is 3. The molecule has 0 aliphatic carbocycles. The zero-order valence-electron chi connectivity index (χ0n) is 11.0. The van der Waals surface area contributed by atoms with Gasteiger partial charge in [0.25, 0.3) is 0 Å². The lowest BCUT2D eigenvalue weighted by molar-refractivity contribution is -0.381. The van der Waals surface area contributed by atoms with Gasteiger partial charge < -0.3 is 34.7 Å². The van der Waals surface area contributed by atoms with Gasteiger partial charge in [-0.25, -0.2) is 0 Å². The number of carboxylic acids is 1. The average molecular weight is 302 g/mol. The minimum absolute atomic E-state index is 0.213. The lowest BCUT2D eigenvalue weighted by Gasteiger charge is -2.46. The van der Waals surface area contributed by atoms with Crippen LogP contribution in [0.5, 0.6) is 0 Å². The smallest absolute Gasteiger partial charge is 0.212 e. The van der Waals surface area contributed by atoms with Crippen molar-refractivity contribution in [2.75, 3.05) is 13.2 Å². The summed E-state index contributed by atoms with van der Waals surface area (Å²) < 4.78 is 10.2. The third-order valence-electron chi connectivity index (χ3n) is 3.05. The van der Waals surface area contributed by atoms with Crippen LogP contribution in [-0.4, -0.2) is 64.6 Å². The highest BCUT2D eigenvalue weighted by Gasteiger charge is 2.50. The van der Waals surface area contributed by atoms with Gasteiger partial charge in [0.1, 0.15) is 18.2 Å². The molecule has 10 nitrogen and oxygen atoms in total. The molecule has 5 atom stereocenters. The Bertz CT molecular complexity index is 440. The Labute approximate surface area is 119 Å². The van der Waals surface area contributed by atoms with E-state index >= 15 is 0 Å². The third-order valence-corrected chi connectivity index (χ3v) is 3.05. The van der Waals surface area contributed by atoms with Crippen molar-refractivity contribution >= 4 is 5.97 Å². The standard InChI is InChI=1S/C11H17N3O7/c1-2-3-20-11(10(18)19)4-7(16)8(17)9(21-11)6(5-15)13-14-12/h2,6-9,15-17H,1,3-5H2,(H,18,19)/p-1/t6?,7-,8-,9-,11-/m1/s1. The molecule has 1 heterocycles. The SMILES string of the molecule is C=CCO[C@]1(C(=O)[O-])C[C@@H](O)[C@@H](O)[C@@H](C(CO)N=[N+]=[N-])O1. The Hall–Kier alpha value is -1.68. The number of hydrogen-bond donors (Lipinski definition) is 3. The predicted molar refractivity (Wildman–Crippen MR) is 65.4 cm³/mol. The van der Waals surface area contributed by atoms with Crippen molar-refractivity contribution in [3.63, 3.8) is 0 Å². The normalized spacial score (nSPS) is 33.8. The number of carbonyl (C=O) groups excluding carboxylic acids is 1. The molecule has 1 rings (SSSR count). The van der Waals surface area contributed by atoms with Crippen molar-refractivity contribution in [2.45, 2.75) is 36.6 Å². The molecule has 3 N–H and O–H groups in total. The number of hydrogen-bond acceptors (Lipinski definition) is 8. The van der Waals surface area contributed by atoms with E-state index in [-0.39, 0.29) is 6.61 Å². The van der Waals surface area contributed by atoms with Crippen LogP contribution in [0.3, 0.4) is 0 Å². The van der Waals surface area contributed by atoms with Crippen LogP contribution in [0.25, 0.3) is 10.4 Å². The van der Waals surface area contributed by atoms with Crippen LogP contribution in [0.1, 0.15) is 6.42 Å². The molecule has 0 saturated carbocycles. The largest absolute Gasteiger partial charge is 0.544 e. The van der Waals surface area contributed by atoms with E-state index in [2.05, 4.69) is 16.6 Å². The fourth-order valence-corrected chi connectivity index (χ4v) is 2.01. The fraction of sp³-hybridized carbons (Fsp3) is 0.727. The van der Waals surface area contributed by atoms with Crippen molar-refractivity contribution in [1.82, 2.24) is 0 Å². The molecule has 0 spiro atoms. The van der Waals surface area contributed by atoms with Crippen molar-refractivity contribution in [3.8, 4) is 0 Å². The van der Waals surface area contributed by atoms with E-state index in [1.165, 1.54) is 6.08 Å². The summed E-state index contributed by atoms with van der Waals surface area (Å²) in [6.07, 6.45) is -3.90. The maximum Gasteiger partial charge on any atom is 0.212 e. The molecule has 0 bridgehead atoms. The summed E-state index contributed by atoms with van der Waals surface area (Å²) in [5.74, 6) is -4.10. The second kappa shape index (κ2) is 7.36. The molecule has 1 saturated heterocycles. The molecule has 0 aromatic heterocycles. The number of rotatable bonds is 7. The summed E-state index contributed by atoms with van der Waals surface area (Å²) in [5, 5.41) is 43.3. The van der Waals surface area contributed by atoms with E-state index < -0.39 is 49.1 Å². The summed E-state index contributed by atoms with van der Waals surface area (Å²) in [7, 11) is 0. The highest BCUT2D eigenvalue weighted by Crippen LogP contribution is 2.32. The van der Waals surface area contributed by atoms with Crippen molar-refractivity contribution in [3.05, 3.63) is 23.1 Å². The van der Waals surface area contributed by atoms with Crippen molar-refractivity contribution in [2.24, 2.45) is 5.11 Å². The molecule has 1 unspecified atom stereocenters. The molecule has 118 valence electrons. The number of aliphatic hydroxyl groups is 3. The quantitative estimate of drug-likeness (QED) is 0.208. The van der Waals surface area contributed by atoms with Gasteiger partial charge in [0.2, 0.25) is 5.79 Å². The van der Waals surface area contributed by atoms with Gasteiger partial charge in [0.05, 0.1) is 25.4 Å². The average Bonchev–Trinajstić information content (AvgIpc) is 2.46. The van der Waals surface area contributed by atoms with E-state index in [4.69, 9.17) is 20.1 Å². The Morgan fingerprint density at radius 3 is 2.86 bits per heavy atom. The summed E-state index contributed by atoms with van der Waals surface area (Å²) >= 11 is 0. The topological polar surface area (TPSA) is 168 Å². The third kappa shape index (κ3) is 3.70. The monoisotopic (exact) mass is 302 g/mol. The zero-order chi connectivity index (χ0) is 16.0. The highest BCUT2D eigenvalue weighted by molar-refractivity contribution is 5.73. The highest BCUT2D eigenvalue weighted by atomic mass is 16.7. The zero-order valence-corrected chi connectivity index (χ0v) is 11.0. The lowest BCUT2D eigenvalue weighted by atomic mass is 9.92. The van der Waals surface area contributed by atoms with Crippen LogP contribution in [0.15, 0.2) is 17.8 Å². The van der Waals surface area contributed by atoms with E-state index in [0.29, 0.717) is 0 Å². The first-order valence-electron chi connectivity index (χ1n) is 6.07. The minimum atomic E-state index is -2.34. The first kappa shape index (κ1) is 17.4. The number of carboxylic acid groups (broad SMARTS) is 1. The number of azide groups is 1. The van der Waals surface area contributed by atoms with Crippen LogP contribution >= 0.6 is 0 Å². The summed E-state index contributed by atoms with van der Waals surface area (Å²) in [5.41, 5.74) is 8.41. The molecular formula is C11H16N3O7-. The first-order valence-corrected chi connectivity index (χ1v) is 6.07. The number of nitrogens with zero attached hydrogens (tertiary/aromatic N) is 3. The lowest BCUT2D eigenvalue weighted by Crippen LogP contribution is -2.65. The van der Waals surface area contributed by atoms with Crippen LogP contribution in [-0.2, 0) is 14.3 Å². The molecule has 1 aliphatic rings. The van der Waals surface area contributed by atoms with Gasteiger partial charge in [-0.3, -0.25) is 0 Å². The Morgan fingerprint density at radius 1 is 1.71 bits per heavy atom. The van der Waals surface area contributed by atoms with Gasteiger partial charge in [-0.15, -0.1) is 6.58 Å². The first-order chi connectivity index (χ1) is 9.91. The number of carbonyl (C=O) groups is 1. The van der Waals surface area contributed by atoms with Gasteiger partial charge in [-0.05, 0) is 5.53 Å². The maximum atomic E-state index is 11.3. The van der Waals surface area contributed by atoms with Gasteiger partial charge >= 0.3 is 0 Å². The van der Waals surface area contributed by atoms with Crippen LogP contribution in [0, 0.1) is 0 Å². The summed E-state index contributed by atoms with van der Waals surface area (Å²) in [6.45, 7) is 2.42. The molecule has 0 amide bonds. The minimum Gasteiger partial charge on any atom is -0.544 e. The Morgan fingerprint density at radius 2 is 2.38 bits per heavy atom. The predicted octanol–water partition coefficient (Wildman–Crippen LogP) is -2.18. The van der Waals surface area contributed by atoms with Gasteiger partial charge in [0, 0.05) is 11.3 Å². The molecule has 0 aromatic rings. The second-order valence-electron chi connectivity index (χ2n) is 4.44. The number of aliphatic carboxylic acids is 1. The number of ether oxygens (including phenoxy) is 2. The van der Waals surface area contributed by atoms with Gasteiger partial charge in [-0.1, -0.05) is 11.2 Å². The van der Waals surface area contributed by atoms with E-state index in [9.17, 15) is 20.1 Å². The molecule has 0 radical (unpaired) electrons. The molecule has 10 heteroatoms. The molecule has 1 aliphatic heterocycles. The van der Waals surface area contributed by atoms with E-state index in [0.717, 1.165) is 0 Å². The second-order valence-corrected chi connectivity index (χ2v) is 4.44. The fourth-order valence-electron chi connectivity index (χ4n) is 2.01. The van der Waals surface area contributed by atoms with E-state index in [1.54, 1.807) is 0 Å². The molecule has 0 aromatic carbocycles. The van der Waals surface area contributed by atoms with Crippen molar-refractivity contribution < 1.29 is 34.7 Å². The summed E-state index contributed by atoms with van der Waals surface area (Å²) in [6, 6.07) is -1.30. The molecule has 21 heavy (non-hydrogen) atoms. The maximum absolute atomic E-state index is 11.3. The van der Waals surface area contributed by atoms with Crippen LogP contribution < -0.4 is 5.11 Å². The Balaban J connectivity index is 3.10. The van der Waals surface area contributed by atoms with Crippen LogP contribution in [0.2, 0.25) is 0 Å². The van der Waals surface area contributed by atoms with E-state index in [1.807, 2.05) is 0 Å². The van der Waals surface area contributed by atoms with Crippen LogP contribution in [0.4, 0.5) is 0 Å². The molecular weight excluding hydrogens is 286 g/mol. The van der Waals surface area contributed by atoms with Crippen molar-refractivity contribution in [1.29, 1.82) is 0 Å². The Kier molecular flexibility index (Phi) is 6.09. The summed E-state index contributed by atoms with van der Waals surface area (Å²) in [4.78, 5) is 13.8.